The third-order valence-corrected chi connectivity index (χ3v) is 2.01. The second kappa shape index (κ2) is 5.83. The van der Waals surface area contributed by atoms with Crippen LogP contribution in [0.2, 0.25) is 0 Å². The van der Waals surface area contributed by atoms with Gasteiger partial charge in [0.25, 0.3) is 5.56 Å². The normalized spacial score (nSPS) is 12.7. The monoisotopic (exact) mass is 214 g/mol. The topological polar surface area (TPSA) is 34.0 Å². The Kier molecular flexibility index (Phi) is 4.70. The van der Waals surface area contributed by atoms with E-state index in [0.29, 0.717) is 6.54 Å². The predicted molar refractivity (Wildman–Crippen MR) is 58.9 cm³/mol. The van der Waals surface area contributed by atoms with Crippen molar-refractivity contribution in [3.05, 3.63) is 34.7 Å². The molecule has 4 heteroatoms. The summed E-state index contributed by atoms with van der Waals surface area (Å²) in [6.45, 7) is 4.15. The van der Waals surface area contributed by atoms with E-state index in [1.54, 1.807) is 22.9 Å². The lowest BCUT2D eigenvalue weighted by atomic mass is 10.4. The van der Waals surface area contributed by atoms with Gasteiger partial charge >= 0.3 is 0 Å². The lowest BCUT2D eigenvalue weighted by molar-refractivity contribution is 0.584. The van der Waals surface area contributed by atoms with Crippen molar-refractivity contribution in [2.45, 2.75) is 18.8 Å². The largest absolute Gasteiger partial charge is 0.314 e. The molecule has 0 radical (unpaired) electrons. The van der Waals surface area contributed by atoms with Gasteiger partial charge in [-0.3, -0.25) is 4.79 Å². The summed E-state index contributed by atoms with van der Waals surface area (Å²) in [5.41, 5.74) is 0.0354. The maximum atomic E-state index is 11.3. The van der Waals surface area contributed by atoms with Crippen LogP contribution in [0.1, 0.15) is 6.92 Å². The van der Waals surface area contributed by atoms with Gasteiger partial charge in [0.05, 0.1) is 0 Å². The van der Waals surface area contributed by atoms with Gasteiger partial charge in [0.1, 0.15) is 0 Å². The fourth-order valence-electron chi connectivity index (χ4n) is 1.15. The molecule has 0 fully saturated rings. The molecule has 0 aromatic carbocycles. The summed E-state index contributed by atoms with van der Waals surface area (Å²) in [4.78, 5) is 11.3. The van der Waals surface area contributed by atoms with Gasteiger partial charge in [-0.25, -0.2) is 0 Å². The Morgan fingerprint density at radius 3 is 3.00 bits per heavy atom. The summed E-state index contributed by atoms with van der Waals surface area (Å²) >= 11 is 5.76. The maximum absolute atomic E-state index is 11.3. The van der Waals surface area contributed by atoms with Gasteiger partial charge in [-0.05, 0) is 13.0 Å². The van der Waals surface area contributed by atoms with E-state index >= 15 is 0 Å². The van der Waals surface area contributed by atoms with Crippen LogP contribution >= 0.6 is 11.6 Å². The van der Waals surface area contributed by atoms with Crippen molar-refractivity contribution >= 4 is 11.6 Å². The van der Waals surface area contributed by atoms with Gasteiger partial charge in [0.2, 0.25) is 0 Å². The lowest BCUT2D eigenvalue weighted by Crippen LogP contribution is -2.28. The van der Waals surface area contributed by atoms with Gasteiger partial charge in [-0.1, -0.05) is 6.07 Å². The van der Waals surface area contributed by atoms with Crippen LogP contribution in [0.5, 0.6) is 0 Å². The Balaban J connectivity index is 2.32. The highest BCUT2D eigenvalue weighted by molar-refractivity contribution is 6.20. The molecule has 0 aliphatic rings. The van der Waals surface area contributed by atoms with Crippen molar-refractivity contribution in [3.63, 3.8) is 0 Å². The molecule has 0 aliphatic heterocycles. The summed E-state index contributed by atoms with van der Waals surface area (Å²) in [6.07, 6.45) is 1.79. The molecule has 0 saturated carbocycles. The molecule has 1 unspecified atom stereocenters. The third-order valence-electron chi connectivity index (χ3n) is 1.85. The van der Waals surface area contributed by atoms with E-state index in [9.17, 15) is 4.79 Å². The second-order valence-corrected chi connectivity index (χ2v) is 3.96. The third kappa shape index (κ3) is 3.94. The number of alkyl halides is 1. The number of hydrogen-bond acceptors (Lipinski definition) is 2. The number of pyridine rings is 1. The number of nitrogens with zero attached hydrogens (tertiary/aromatic N) is 1. The van der Waals surface area contributed by atoms with Crippen molar-refractivity contribution in [2.75, 3.05) is 13.1 Å². The quantitative estimate of drug-likeness (QED) is 0.588. The number of rotatable bonds is 5. The van der Waals surface area contributed by atoms with Gasteiger partial charge < -0.3 is 9.88 Å². The molecule has 1 N–H and O–H groups in total. The summed E-state index contributed by atoms with van der Waals surface area (Å²) < 4.78 is 1.67. The predicted octanol–water partition coefficient (Wildman–Crippen LogP) is 1.07. The van der Waals surface area contributed by atoms with Crippen molar-refractivity contribution in [2.24, 2.45) is 0 Å². The first-order valence-electron chi connectivity index (χ1n) is 4.70. The second-order valence-electron chi connectivity index (χ2n) is 3.22. The smallest absolute Gasteiger partial charge is 0.250 e. The van der Waals surface area contributed by atoms with Crippen LogP contribution in [0, 0.1) is 0 Å². The number of aromatic nitrogens is 1. The Labute approximate surface area is 88.7 Å². The van der Waals surface area contributed by atoms with Crippen molar-refractivity contribution in [1.29, 1.82) is 0 Å². The highest BCUT2D eigenvalue weighted by atomic mass is 35.5. The number of halogens is 1. The summed E-state index contributed by atoms with van der Waals surface area (Å²) in [5.74, 6) is 0. The molecule has 1 heterocycles. The van der Waals surface area contributed by atoms with E-state index in [1.807, 2.05) is 13.0 Å². The molecule has 0 aliphatic carbocycles. The SMILES string of the molecule is CC(Cl)CNCCn1ccccc1=O. The van der Waals surface area contributed by atoms with Crippen LogP contribution in [-0.2, 0) is 6.54 Å². The van der Waals surface area contributed by atoms with E-state index in [1.165, 1.54) is 0 Å². The van der Waals surface area contributed by atoms with E-state index in [0.717, 1.165) is 13.1 Å². The minimum absolute atomic E-state index is 0.0354. The van der Waals surface area contributed by atoms with Gasteiger partial charge in [-0.2, -0.15) is 0 Å². The van der Waals surface area contributed by atoms with E-state index in [-0.39, 0.29) is 10.9 Å². The molecule has 1 aromatic rings. The first kappa shape index (κ1) is 11.3. The average Bonchev–Trinajstić information content (AvgIpc) is 2.15. The Hall–Kier alpha value is -0.800. The zero-order valence-corrected chi connectivity index (χ0v) is 9.00. The zero-order valence-electron chi connectivity index (χ0n) is 8.24. The Morgan fingerprint density at radius 1 is 1.57 bits per heavy atom. The van der Waals surface area contributed by atoms with Crippen molar-refractivity contribution in [1.82, 2.24) is 9.88 Å². The molecule has 0 bridgehead atoms. The van der Waals surface area contributed by atoms with E-state index < -0.39 is 0 Å². The van der Waals surface area contributed by atoms with Crippen molar-refractivity contribution in [3.8, 4) is 0 Å². The molecule has 1 aromatic heterocycles. The summed E-state index contributed by atoms with van der Waals surface area (Å²) in [6, 6.07) is 5.16. The first-order valence-corrected chi connectivity index (χ1v) is 5.14. The minimum Gasteiger partial charge on any atom is -0.314 e. The summed E-state index contributed by atoms with van der Waals surface area (Å²) in [7, 11) is 0. The Morgan fingerprint density at radius 2 is 2.36 bits per heavy atom. The van der Waals surface area contributed by atoms with Gasteiger partial charge in [-0.15, -0.1) is 11.6 Å². The van der Waals surface area contributed by atoms with Crippen LogP contribution in [0.15, 0.2) is 29.2 Å². The van der Waals surface area contributed by atoms with Crippen LogP contribution in [-0.4, -0.2) is 23.0 Å². The molecule has 0 saturated heterocycles. The molecule has 3 nitrogen and oxygen atoms in total. The molecule has 14 heavy (non-hydrogen) atoms. The zero-order chi connectivity index (χ0) is 10.4. The lowest BCUT2D eigenvalue weighted by Gasteiger charge is -2.07. The Bertz CT molecular complexity index is 322. The minimum atomic E-state index is 0.0354. The van der Waals surface area contributed by atoms with Crippen molar-refractivity contribution < 1.29 is 0 Å². The van der Waals surface area contributed by atoms with Gasteiger partial charge in [0.15, 0.2) is 0 Å². The molecular weight excluding hydrogens is 200 g/mol. The van der Waals surface area contributed by atoms with Crippen LogP contribution in [0.4, 0.5) is 0 Å². The number of hydrogen-bond donors (Lipinski definition) is 1. The molecule has 0 amide bonds. The highest BCUT2D eigenvalue weighted by Crippen LogP contribution is 1.89. The molecule has 78 valence electrons. The average molecular weight is 215 g/mol. The summed E-state index contributed by atoms with van der Waals surface area (Å²) in [5, 5.41) is 3.30. The van der Waals surface area contributed by atoms with Crippen LogP contribution in [0.3, 0.4) is 0 Å². The van der Waals surface area contributed by atoms with Crippen LogP contribution < -0.4 is 10.9 Å². The fourth-order valence-corrected chi connectivity index (χ4v) is 1.25. The van der Waals surface area contributed by atoms with E-state index in [2.05, 4.69) is 5.32 Å². The van der Waals surface area contributed by atoms with Crippen LogP contribution in [0.25, 0.3) is 0 Å². The van der Waals surface area contributed by atoms with Gasteiger partial charge in [0, 0.05) is 37.3 Å². The highest BCUT2D eigenvalue weighted by Gasteiger charge is 1.95. The molecular formula is C10H15ClN2O. The number of nitrogens with one attached hydrogen (secondary N) is 1. The first-order chi connectivity index (χ1) is 6.70. The van der Waals surface area contributed by atoms with E-state index in [4.69, 9.17) is 11.6 Å². The maximum Gasteiger partial charge on any atom is 0.250 e. The molecule has 0 spiro atoms. The molecule has 1 rings (SSSR count). The molecule has 1 atom stereocenters. The standard InChI is InChI=1S/C10H15ClN2O/c1-9(11)8-12-5-7-13-6-3-2-4-10(13)14/h2-4,6,9,12H,5,7-8H2,1H3. The fraction of sp³-hybridized carbons (Fsp3) is 0.500.